The van der Waals surface area contributed by atoms with Crippen LogP contribution in [0.4, 0.5) is 4.39 Å². The van der Waals surface area contributed by atoms with Crippen LogP contribution in [0.15, 0.2) is 53.7 Å². The molecule has 0 fully saturated rings. The van der Waals surface area contributed by atoms with Gasteiger partial charge in [0.05, 0.1) is 10.7 Å². The van der Waals surface area contributed by atoms with Crippen molar-refractivity contribution >= 4 is 27.5 Å². The maximum atomic E-state index is 14.6. The van der Waals surface area contributed by atoms with Crippen LogP contribution in [0.5, 0.6) is 0 Å². The highest BCUT2D eigenvalue weighted by atomic mass is 35.5. The number of amides is 1. The van der Waals surface area contributed by atoms with Gasteiger partial charge in [0.1, 0.15) is 16.5 Å². The first-order valence-corrected chi connectivity index (χ1v) is 11.9. The second kappa shape index (κ2) is 9.81. The Kier molecular flexibility index (Phi) is 7.33. The molecule has 0 bridgehead atoms. The number of halogens is 2. The van der Waals surface area contributed by atoms with Gasteiger partial charge in [-0.05, 0) is 42.8 Å². The Labute approximate surface area is 191 Å². The number of rotatable bonds is 8. The largest absolute Gasteiger partial charge is 0.348 e. The molecule has 3 rings (SSSR count). The van der Waals surface area contributed by atoms with Crippen LogP contribution in [0, 0.1) is 12.7 Å². The van der Waals surface area contributed by atoms with Gasteiger partial charge in [-0.1, -0.05) is 31.5 Å². The number of nitrogens with one attached hydrogen (secondary N) is 1. The highest BCUT2D eigenvalue weighted by molar-refractivity contribution is 7.89. The van der Waals surface area contributed by atoms with Gasteiger partial charge in [0.25, 0.3) is 5.91 Å². The number of hydrogen-bond donors (Lipinski definition) is 1. The average Bonchev–Trinajstić information content (AvgIpc) is 3.18. The van der Waals surface area contributed by atoms with E-state index >= 15 is 0 Å². The number of carbonyl (C=O) groups excluding carboxylic acids is 1. The van der Waals surface area contributed by atoms with E-state index in [0.717, 1.165) is 0 Å². The summed E-state index contributed by atoms with van der Waals surface area (Å²) in [5, 5.41) is 2.73. The second-order valence-electron chi connectivity index (χ2n) is 7.05. The van der Waals surface area contributed by atoms with Crippen LogP contribution < -0.4 is 5.32 Å². The number of benzene rings is 2. The summed E-state index contributed by atoms with van der Waals surface area (Å²) in [5.41, 5.74) is 1.06. The smallest absolute Gasteiger partial charge is 0.251 e. The van der Waals surface area contributed by atoms with Crippen LogP contribution >= 0.6 is 11.6 Å². The summed E-state index contributed by atoms with van der Waals surface area (Å²) in [6.45, 7) is 5.86. The maximum Gasteiger partial charge on any atom is 0.251 e. The molecular weight excluding hydrogens is 455 g/mol. The minimum atomic E-state index is -3.83. The number of aryl methyl sites for hydroxylation is 1. The molecule has 0 saturated carbocycles. The van der Waals surface area contributed by atoms with Crippen LogP contribution in [-0.4, -0.2) is 41.3 Å². The minimum Gasteiger partial charge on any atom is -0.348 e. The predicted molar refractivity (Wildman–Crippen MR) is 121 cm³/mol. The predicted octanol–water partition coefficient (Wildman–Crippen LogP) is 3.93. The molecule has 0 aliphatic heterocycles. The fourth-order valence-electron chi connectivity index (χ4n) is 3.32. The zero-order valence-corrected chi connectivity index (χ0v) is 19.5. The summed E-state index contributed by atoms with van der Waals surface area (Å²) in [5.74, 6) is -0.285. The van der Waals surface area contributed by atoms with E-state index < -0.39 is 21.7 Å². The molecule has 32 heavy (non-hydrogen) atoms. The second-order valence-corrected chi connectivity index (χ2v) is 9.36. The summed E-state index contributed by atoms with van der Waals surface area (Å²) in [6, 6.07) is 8.75. The molecule has 1 amide bonds. The zero-order chi connectivity index (χ0) is 23.5. The van der Waals surface area contributed by atoms with Crippen molar-refractivity contribution in [2.24, 2.45) is 0 Å². The molecule has 1 aromatic heterocycles. The molecule has 0 radical (unpaired) electrons. The Morgan fingerprint density at radius 3 is 2.50 bits per heavy atom. The van der Waals surface area contributed by atoms with E-state index in [2.05, 4.69) is 10.3 Å². The van der Waals surface area contributed by atoms with E-state index in [1.165, 1.54) is 28.6 Å². The van der Waals surface area contributed by atoms with Crippen molar-refractivity contribution in [1.82, 2.24) is 19.2 Å². The SMILES string of the molecule is CCN(CC)S(=O)(=O)c1cc(C(=O)NCc2ccc(-n3ccnc3C)c(F)c2)ccc1Cl. The van der Waals surface area contributed by atoms with Crippen LogP contribution in [-0.2, 0) is 16.6 Å². The lowest BCUT2D eigenvalue weighted by Crippen LogP contribution is -2.31. The Hall–Kier alpha value is -2.75. The van der Waals surface area contributed by atoms with Crippen molar-refractivity contribution in [3.8, 4) is 5.69 Å². The van der Waals surface area contributed by atoms with Crippen LogP contribution in [0.1, 0.15) is 35.6 Å². The highest BCUT2D eigenvalue weighted by Gasteiger charge is 2.25. The van der Waals surface area contributed by atoms with Gasteiger partial charge in [0, 0.05) is 37.6 Å². The van der Waals surface area contributed by atoms with Gasteiger partial charge in [-0.25, -0.2) is 17.8 Å². The number of sulfonamides is 1. The lowest BCUT2D eigenvalue weighted by atomic mass is 10.1. The summed E-state index contributed by atoms with van der Waals surface area (Å²) < 4.78 is 43.1. The maximum absolute atomic E-state index is 14.6. The van der Waals surface area contributed by atoms with Crippen molar-refractivity contribution in [2.45, 2.75) is 32.2 Å². The lowest BCUT2D eigenvalue weighted by molar-refractivity contribution is 0.0950. The summed E-state index contributed by atoms with van der Waals surface area (Å²) >= 11 is 6.12. The van der Waals surface area contributed by atoms with E-state index in [1.54, 1.807) is 49.9 Å². The third-order valence-corrected chi connectivity index (χ3v) is 7.60. The molecule has 0 aliphatic carbocycles. The first-order chi connectivity index (χ1) is 15.2. The molecule has 0 aliphatic rings. The Balaban J connectivity index is 1.77. The van der Waals surface area contributed by atoms with Gasteiger partial charge in [0.2, 0.25) is 10.0 Å². The Bertz CT molecular complexity index is 1240. The van der Waals surface area contributed by atoms with E-state index in [9.17, 15) is 17.6 Å². The Morgan fingerprint density at radius 1 is 1.19 bits per heavy atom. The molecule has 0 atom stereocenters. The van der Waals surface area contributed by atoms with Gasteiger partial charge in [0.15, 0.2) is 0 Å². The Morgan fingerprint density at radius 2 is 1.91 bits per heavy atom. The van der Waals surface area contributed by atoms with Crippen molar-refractivity contribution in [2.75, 3.05) is 13.1 Å². The van der Waals surface area contributed by atoms with Crippen LogP contribution in [0.25, 0.3) is 5.69 Å². The zero-order valence-electron chi connectivity index (χ0n) is 18.0. The van der Waals surface area contributed by atoms with E-state index in [4.69, 9.17) is 11.6 Å². The van der Waals surface area contributed by atoms with E-state index in [1.807, 2.05) is 0 Å². The highest BCUT2D eigenvalue weighted by Crippen LogP contribution is 2.26. The summed E-state index contributed by atoms with van der Waals surface area (Å²) in [7, 11) is -3.83. The average molecular weight is 479 g/mol. The molecule has 10 heteroatoms. The number of nitrogens with zero attached hydrogens (tertiary/aromatic N) is 3. The standard InChI is InChI=1S/C22H24ClFN4O3S/c1-4-27(5-2)32(30,31)21-13-17(7-8-18(21)23)22(29)26-14-16-6-9-20(19(24)12-16)28-11-10-25-15(28)3/h6-13H,4-5,14H2,1-3H3,(H,26,29). The molecule has 0 saturated heterocycles. The third-order valence-electron chi connectivity index (χ3n) is 5.07. The topological polar surface area (TPSA) is 84.3 Å². The molecule has 7 nitrogen and oxygen atoms in total. The molecule has 170 valence electrons. The molecule has 1 N–H and O–H groups in total. The summed E-state index contributed by atoms with van der Waals surface area (Å²) in [6.07, 6.45) is 3.25. The fourth-order valence-corrected chi connectivity index (χ4v) is 5.28. The molecular formula is C22H24ClFN4O3S. The molecule has 1 heterocycles. The van der Waals surface area contributed by atoms with Crippen molar-refractivity contribution in [1.29, 1.82) is 0 Å². The number of imidazole rings is 1. The molecule has 3 aromatic rings. The summed E-state index contributed by atoms with van der Waals surface area (Å²) in [4.78, 5) is 16.6. The normalized spacial score (nSPS) is 11.7. The first kappa shape index (κ1) is 23.9. The monoisotopic (exact) mass is 478 g/mol. The van der Waals surface area contributed by atoms with Crippen LogP contribution in [0.3, 0.4) is 0 Å². The van der Waals surface area contributed by atoms with Crippen molar-refractivity contribution in [3.63, 3.8) is 0 Å². The van der Waals surface area contributed by atoms with Gasteiger partial charge in [-0.2, -0.15) is 4.31 Å². The lowest BCUT2D eigenvalue weighted by Gasteiger charge is -2.19. The number of carbonyl (C=O) groups is 1. The van der Waals surface area contributed by atoms with E-state index in [0.29, 0.717) is 17.1 Å². The van der Waals surface area contributed by atoms with E-state index in [-0.39, 0.29) is 35.1 Å². The molecule has 0 unspecified atom stereocenters. The van der Waals surface area contributed by atoms with Gasteiger partial charge in [-0.15, -0.1) is 0 Å². The number of hydrogen-bond acceptors (Lipinski definition) is 4. The minimum absolute atomic E-state index is 0.0425. The van der Waals surface area contributed by atoms with Crippen molar-refractivity contribution in [3.05, 3.63) is 76.6 Å². The van der Waals surface area contributed by atoms with Crippen molar-refractivity contribution < 1.29 is 17.6 Å². The van der Waals surface area contributed by atoms with Gasteiger partial charge < -0.3 is 9.88 Å². The molecule has 2 aromatic carbocycles. The van der Waals surface area contributed by atoms with Crippen LogP contribution in [0.2, 0.25) is 5.02 Å². The fraction of sp³-hybridized carbons (Fsp3) is 0.273. The first-order valence-electron chi connectivity index (χ1n) is 10.1. The quantitative estimate of drug-likeness (QED) is 0.531. The molecule has 0 spiro atoms. The number of aromatic nitrogens is 2. The van der Waals surface area contributed by atoms with Gasteiger partial charge >= 0.3 is 0 Å². The van der Waals surface area contributed by atoms with Gasteiger partial charge in [-0.3, -0.25) is 4.79 Å². The third kappa shape index (κ3) is 4.85.